The van der Waals surface area contributed by atoms with Gasteiger partial charge in [0.2, 0.25) is 5.91 Å². The summed E-state index contributed by atoms with van der Waals surface area (Å²) < 4.78 is 0. The fourth-order valence-corrected chi connectivity index (χ4v) is 2.31. The van der Waals surface area contributed by atoms with Crippen molar-refractivity contribution in [3.05, 3.63) is 65.7 Å². The highest BCUT2D eigenvalue weighted by atomic mass is 16.3. The minimum absolute atomic E-state index is 0.0657. The smallest absolute Gasteiger partial charge is 0.239 e. The first kappa shape index (κ1) is 16.0. The largest absolute Gasteiger partial charge is 0.508 e. The predicted molar refractivity (Wildman–Crippen MR) is 87.6 cm³/mol. The number of amides is 1. The number of hydrogen-bond acceptors (Lipinski definition) is 3. The molecule has 4 nitrogen and oxygen atoms in total. The second kappa shape index (κ2) is 7.61. The molecule has 0 aliphatic carbocycles. The van der Waals surface area contributed by atoms with E-state index in [-0.39, 0.29) is 11.7 Å². The van der Waals surface area contributed by atoms with Crippen molar-refractivity contribution in [2.75, 3.05) is 13.6 Å². The Morgan fingerprint density at radius 1 is 1.09 bits per heavy atom. The average Bonchev–Trinajstić information content (AvgIpc) is 2.55. The summed E-state index contributed by atoms with van der Waals surface area (Å²) >= 11 is 0. The molecule has 0 spiro atoms. The van der Waals surface area contributed by atoms with E-state index in [0.717, 1.165) is 12.0 Å². The fraction of sp³-hybridized carbons (Fsp3) is 0.278. The number of phenolic OH excluding ortho intramolecular Hbond substituents is 1. The molecule has 1 amide bonds. The van der Waals surface area contributed by atoms with Crippen LogP contribution in [0.4, 0.5) is 0 Å². The van der Waals surface area contributed by atoms with E-state index >= 15 is 0 Å². The summed E-state index contributed by atoms with van der Waals surface area (Å²) in [5.74, 6) is 0.146. The average molecular weight is 298 g/mol. The predicted octanol–water partition coefficient (Wildman–Crippen LogP) is 1.96. The van der Waals surface area contributed by atoms with Crippen LogP contribution in [0.25, 0.3) is 0 Å². The van der Waals surface area contributed by atoms with E-state index in [9.17, 15) is 9.90 Å². The van der Waals surface area contributed by atoms with Gasteiger partial charge in [0, 0.05) is 13.6 Å². The van der Waals surface area contributed by atoms with Gasteiger partial charge >= 0.3 is 0 Å². The Morgan fingerprint density at radius 3 is 2.36 bits per heavy atom. The minimum Gasteiger partial charge on any atom is -0.508 e. The zero-order chi connectivity index (χ0) is 15.9. The number of phenols is 1. The third-order valence-corrected chi connectivity index (χ3v) is 3.66. The van der Waals surface area contributed by atoms with E-state index in [0.29, 0.717) is 13.0 Å². The fourth-order valence-electron chi connectivity index (χ4n) is 2.31. The van der Waals surface area contributed by atoms with Crippen LogP contribution in [0.3, 0.4) is 0 Å². The van der Waals surface area contributed by atoms with Crippen LogP contribution in [-0.4, -0.2) is 35.5 Å². The Kier molecular flexibility index (Phi) is 5.55. The van der Waals surface area contributed by atoms with Crippen molar-refractivity contribution in [3.63, 3.8) is 0 Å². The number of aromatic hydroxyl groups is 1. The molecule has 22 heavy (non-hydrogen) atoms. The molecule has 0 saturated carbocycles. The monoisotopic (exact) mass is 298 g/mol. The molecule has 4 heteroatoms. The zero-order valence-electron chi connectivity index (χ0n) is 12.8. The van der Waals surface area contributed by atoms with Gasteiger partial charge in [-0.3, -0.25) is 4.79 Å². The molecule has 0 aliphatic heterocycles. The molecule has 2 aromatic carbocycles. The molecule has 0 aliphatic rings. The van der Waals surface area contributed by atoms with Crippen molar-refractivity contribution in [2.45, 2.75) is 18.9 Å². The lowest BCUT2D eigenvalue weighted by molar-refractivity contribution is -0.131. The Labute approximate surface area is 131 Å². The molecule has 0 unspecified atom stereocenters. The molecule has 2 aromatic rings. The lowest BCUT2D eigenvalue weighted by Gasteiger charge is -2.21. The highest BCUT2D eigenvalue weighted by Gasteiger charge is 2.18. The Morgan fingerprint density at radius 2 is 1.73 bits per heavy atom. The summed E-state index contributed by atoms with van der Waals surface area (Å²) in [5.41, 5.74) is 8.15. The molecule has 0 fully saturated rings. The number of nitrogens with two attached hydrogens (primary N) is 1. The van der Waals surface area contributed by atoms with Crippen LogP contribution in [0.1, 0.15) is 11.1 Å². The molecule has 1 atom stereocenters. The Balaban J connectivity index is 1.85. The third kappa shape index (κ3) is 4.60. The van der Waals surface area contributed by atoms with Crippen LogP contribution >= 0.6 is 0 Å². The molecule has 0 bridgehead atoms. The Hall–Kier alpha value is -2.33. The van der Waals surface area contributed by atoms with E-state index < -0.39 is 6.04 Å². The second-order valence-electron chi connectivity index (χ2n) is 5.47. The van der Waals surface area contributed by atoms with Crippen LogP contribution in [0.5, 0.6) is 5.75 Å². The summed E-state index contributed by atoms with van der Waals surface area (Å²) in [6.07, 6.45) is 1.28. The van der Waals surface area contributed by atoms with Gasteiger partial charge in [-0.1, -0.05) is 42.5 Å². The van der Waals surface area contributed by atoms with Crippen molar-refractivity contribution in [1.29, 1.82) is 0 Å². The quantitative estimate of drug-likeness (QED) is 0.857. The van der Waals surface area contributed by atoms with E-state index in [4.69, 9.17) is 5.73 Å². The maximum Gasteiger partial charge on any atom is 0.239 e. The van der Waals surface area contributed by atoms with Gasteiger partial charge in [0.05, 0.1) is 6.04 Å². The summed E-state index contributed by atoms with van der Waals surface area (Å²) in [4.78, 5) is 14.0. The maximum atomic E-state index is 12.3. The molecule has 0 heterocycles. The normalized spacial score (nSPS) is 11.9. The molecule has 2 rings (SSSR count). The van der Waals surface area contributed by atoms with Crippen molar-refractivity contribution in [1.82, 2.24) is 4.90 Å². The van der Waals surface area contributed by atoms with Crippen molar-refractivity contribution in [2.24, 2.45) is 5.73 Å². The first-order chi connectivity index (χ1) is 10.6. The van der Waals surface area contributed by atoms with Crippen LogP contribution in [-0.2, 0) is 17.6 Å². The molecular formula is C18H22N2O2. The van der Waals surface area contributed by atoms with E-state index in [1.54, 1.807) is 36.2 Å². The topological polar surface area (TPSA) is 66.6 Å². The zero-order valence-corrected chi connectivity index (χ0v) is 12.8. The molecule has 0 aromatic heterocycles. The molecule has 0 saturated heterocycles. The number of hydrogen-bond donors (Lipinski definition) is 2. The van der Waals surface area contributed by atoms with Crippen molar-refractivity contribution >= 4 is 5.91 Å². The Bertz CT molecular complexity index is 596. The van der Waals surface area contributed by atoms with Gasteiger partial charge in [-0.2, -0.15) is 0 Å². The molecule has 0 radical (unpaired) electrons. The van der Waals surface area contributed by atoms with Gasteiger partial charge in [0.15, 0.2) is 0 Å². The molecular weight excluding hydrogens is 276 g/mol. The summed E-state index contributed by atoms with van der Waals surface area (Å²) in [6, 6.07) is 16.3. The first-order valence-corrected chi connectivity index (χ1v) is 7.38. The van der Waals surface area contributed by atoms with Gasteiger partial charge in [-0.15, -0.1) is 0 Å². The highest BCUT2D eigenvalue weighted by molar-refractivity contribution is 5.81. The van der Waals surface area contributed by atoms with Crippen LogP contribution in [0.2, 0.25) is 0 Å². The van der Waals surface area contributed by atoms with Crippen LogP contribution < -0.4 is 5.73 Å². The van der Waals surface area contributed by atoms with E-state index in [1.807, 2.05) is 18.2 Å². The minimum atomic E-state index is -0.565. The number of benzene rings is 2. The number of carbonyl (C=O) groups excluding carboxylic acids is 1. The van der Waals surface area contributed by atoms with Crippen LogP contribution in [0, 0.1) is 0 Å². The first-order valence-electron chi connectivity index (χ1n) is 7.38. The van der Waals surface area contributed by atoms with E-state index in [1.165, 1.54) is 5.56 Å². The summed E-state index contributed by atoms with van der Waals surface area (Å²) in [6.45, 7) is 0.645. The SMILES string of the molecule is CN(CCc1ccccc1)C(=O)[C@H](N)Cc1ccc(O)cc1. The maximum absolute atomic E-state index is 12.3. The second-order valence-corrected chi connectivity index (χ2v) is 5.47. The standard InChI is InChI=1S/C18H22N2O2/c1-20(12-11-14-5-3-2-4-6-14)18(22)17(19)13-15-7-9-16(21)10-8-15/h2-10,17,21H,11-13,19H2,1H3/t17-/m1/s1. The van der Waals surface area contributed by atoms with E-state index in [2.05, 4.69) is 12.1 Å². The van der Waals surface area contributed by atoms with Gasteiger partial charge < -0.3 is 15.7 Å². The number of rotatable bonds is 6. The molecule has 3 N–H and O–H groups in total. The van der Waals surface area contributed by atoms with Gasteiger partial charge in [-0.05, 0) is 36.1 Å². The lowest BCUT2D eigenvalue weighted by atomic mass is 10.1. The highest BCUT2D eigenvalue weighted by Crippen LogP contribution is 2.11. The van der Waals surface area contributed by atoms with Gasteiger partial charge in [0.25, 0.3) is 0 Å². The van der Waals surface area contributed by atoms with Crippen LogP contribution in [0.15, 0.2) is 54.6 Å². The third-order valence-electron chi connectivity index (χ3n) is 3.66. The van der Waals surface area contributed by atoms with Crippen molar-refractivity contribution in [3.8, 4) is 5.75 Å². The summed E-state index contributed by atoms with van der Waals surface area (Å²) in [5, 5.41) is 9.26. The number of carbonyl (C=O) groups is 1. The van der Waals surface area contributed by atoms with Gasteiger partial charge in [-0.25, -0.2) is 0 Å². The van der Waals surface area contributed by atoms with Gasteiger partial charge in [0.1, 0.15) is 5.75 Å². The lowest BCUT2D eigenvalue weighted by Crippen LogP contribution is -2.43. The number of likely N-dealkylation sites (N-methyl/N-ethyl adjacent to an activating group) is 1. The summed E-state index contributed by atoms with van der Waals surface area (Å²) in [7, 11) is 1.78. The number of nitrogens with zero attached hydrogens (tertiary/aromatic N) is 1. The molecule has 116 valence electrons. The van der Waals surface area contributed by atoms with Crippen molar-refractivity contribution < 1.29 is 9.90 Å².